The number of halogens is 2. The lowest BCUT2D eigenvalue weighted by atomic mass is 10.3. The molecule has 0 aromatic carbocycles. The molecule has 0 bridgehead atoms. The van der Waals surface area contributed by atoms with Crippen molar-refractivity contribution in [1.29, 1.82) is 0 Å². The summed E-state index contributed by atoms with van der Waals surface area (Å²) in [5, 5.41) is 0.713. The van der Waals surface area contributed by atoms with Gasteiger partial charge in [-0.3, -0.25) is 0 Å². The van der Waals surface area contributed by atoms with E-state index in [4.69, 9.17) is 11.6 Å². The Labute approximate surface area is 113 Å². The minimum atomic E-state index is -0.444. The molecule has 0 saturated carbocycles. The zero-order valence-corrected chi connectivity index (χ0v) is 10.9. The van der Waals surface area contributed by atoms with Gasteiger partial charge in [0.05, 0.1) is 12.4 Å². The molecular weight excluding hydrogens is 275 g/mol. The summed E-state index contributed by atoms with van der Waals surface area (Å²) in [6.07, 6.45) is 6.20. The van der Waals surface area contributed by atoms with Crippen molar-refractivity contribution in [3.05, 3.63) is 42.5 Å². The van der Waals surface area contributed by atoms with Crippen molar-refractivity contribution in [3.8, 4) is 0 Å². The van der Waals surface area contributed by atoms with Gasteiger partial charge in [-0.05, 0) is 6.07 Å². The Balaban J connectivity index is 1.99. The van der Waals surface area contributed by atoms with Crippen LogP contribution >= 0.6 is 23.4 Å². The van der Waals surface area contributed by atoms with Crippen molar-refractivity contribution in [2.45, 2.75) is 16.8 Å². The summed E-state index contributed by atoms with van der Waals surface area (Å²) >= 11 is 7.35. The van der Waals surface area contributed by atoms with E-state index in [0.717, 1.165) is 12.4 Å². The maximum absolute atomic E-state index is 12.7. The predicted octanol–water partition coefficient (Wildman–Crippen LogP) is 2.35. The summed E-state index contributed by atoms with van der Waals surface area (Å²) in [7, 11) is 0. The minimum Gasteiger partial charge on any atom is -0.238 e. The van der Waals surface area contributed by atoms with E-state index in [0.29, 0.717) is 23.3 Å². The lowest BCUT2D eigenvalue weighted by Crippen LogP contribution is -2.12. The van der Waals surface area contributed by atoms with Crippen molar-refractivity contribution in [2.75, 3.05) is 5.88 Å². The largest absolute Gasteiger partial charge is 0.238 e. The number of nitrogens with zero attached hydrogens (tertiary/aromatic N) is 4. The lowest BCUT2D eigenvalue weighted by molar-refractivity contribution is 0.608. The fraction of sp³-hybridized carbons (Fsp3) is 0.273. The first-order valence-electron chi connectivity index (χ1n) is 5.24. The zero-order valence-electron chi connectivity index (χ0n) is 9.33. The van der Waals surface area contributed by atoms with E-state index in [-0.39, 0.29) is 5.25 Å². The molecule has 0 saturated heterocycles. The topological polar surface area (TPSA) is 51.6 Å². The number of alkyl halides is 1. The van der Waals surface area contributed by atoms with E-state index in [9.17, 15) is 4.39 Å². The molecule has 18 heavy (non-hydrogen) atoms. The standard InChI is InChI=1S/C11H10ClFN4S/c12-5-9(18-11-14-2-1-3-15-11)4-10-16-6-8(13)7-17-10/h1-3,6-7,9H,4-5H2. The third-order valence-electron chi connectivity index (χ3n) is 2.07. The van der Waals surface area contributed by atoms with Gasteiger partial charge in [0, 0.05) is 29.9 Å². The third-order valence-corrected chi connectivity index (χ3v) is 3.71. The molecule has 1 unspecified atom stereocenters. The number of aromatic nitrogens is 4. The van der Waals surface area contributed by atoms with Crippen LogP contribution in [0.3, 0.4) is 0 Å². The number of thioether (sulfide) groups is 1. The summed E-state index contributed by atoms with van der Waals surface area (Å²) in [5.41, 5.74) is 0. The van der Waals surface area contributed by atoms with Crippen LogP contribution in [-0.2, 0) is 6.42 Å². The van der Waals surface area contributed by atoms with Gasteiger partial charge in [-0.15, -0.1) is 11.6 Å². The van der Waals surface area contributed by atoms with Crippen LogP contribution < -0.4 is 0 Å². The molecule has 0 spiro atoms. The van der Waals surface area contributed by atoms with E-state index in [2.05, 4.69) is 19.9 Å². The first-order chi connectivity index (χ1) is 8.78. The second-order valence-electron chi connectivity index (χ2n) is 3.45. The van der Waals surface area contributed by atoms with Gasteiger partial charge >= 0.3 is 0 Å². The van der Waals surface area contributed by atoms with E-state index in [1.54, 1.807) is 18.5 Å². The van der Waals surface area contributed by atoms with Crippen LogP contribution in [-0.4, -0.2) is 31.1 Å². The SMILES string of the molecule is Fc1cnc(CC(CCl)Sc2ncccn2)nc1. The summed E-state index contributed by atoms with van der Waals surface area (Å²) < 4.78 is 12.7. The smallest absolute Gasteiger partial charge is 0.187 e. The molecule has 4 nitrogen and oxygen atoms in total. The van der Waals surface area contributed by atoms with Gasteiger partial charge in [0.15, 0.2) is 11.0 Å². The second kappa shape index (κ2) is 6.61. The number of hydrogen-bond acceptors (Lipinski definition) is 5. The third kappa shape index (κ3) is 3.89. The minimum absolute atomic E-state index is 0.0551. The molecule has 0 amide bonds. The van der Waals surface area contributed by atoms with Crippen molar-refractivity contribution < 1.29 is 4.39 Å². The molecule has 2 rings (SSSR count). The highest BCUT2D eigenvalue weighted by Crippen LogP contribution is 2.22. The first kappa shape index (κ1) is 13.2. The molecule has 2 aromatic rings. The van der Waals surface area contributed by atoms with Gasteiger partial charge in [0.2, 0.25) is 0 Å². The zero-order chi connectivity index (χ0) is 12.8. The molecule has 2 heterocycles. The monoisotopic (exact) mass is 284 g/mol. The fourth-order valence-corrected chi connectivity index (χ4v) is 2.41. The van der Waals surface area contributed by atoms with Crippen LogP contribution in [0.25, 0.3) is 0 Å². The predicted molar refractivity (Wildman–Crippen MR) is 68.1 cm³/mol. The maximum atomic E-state index is 12.7. The Morgan fingerprint density at radius 2 is 1.83 bits per heavy atom. The van der Waals surface area contributed by atoms with E-state index >= 15 is 0 Å². The summed E-state index contributed by atoms with van der Waals surface area (Å²) in [5.74, 6) is 0.537. The summed E-state index contributed by atoms with van der Waals surface area (Å²) in [4.78, 5) is 16.0. The van der Waals surface area contributed by atoms with Crippen molar-refractivity contribution in [3.63, 3.8) is 0 Å². The Hall–Kier alpha value is -1.27. The van der Waals surface area contributed by atoms with E-state index < -0.39 is 5.82 Å². The molecule has 0 aliphatic heterocycles. The normalized spacial score (nSPS) is 12.3. The van der Waals surface area contributed by atoms with Crippen LogP contribution in [0.1, 0.15) is 5.82 Å². The van der Waals surface area contributed by atoms with E-state index in [1.807, 2.05) is 0 Å². The quantitative estimate of drug-likeness (QED) is 0.479. The van der Waals surface area contributed by atoms with Crippen LogP contribution in [0.15, 0.2) is 36.0 Å². The Morgan fingerprint density at radius 1 is 1.17 bits per heavy atom. The molecular formula is C11H10ClFN4S. The first-order valence-corrected chi connectivity index (χ1v) is 6.65. The molecule has 0 N–H and O–H groups in total. The lowest BCUT2D eigenvalue weighted by Gasteiger charge is -2.10. The van der Waals surface area contributed by atoms with Gasteiger partial charge in [-0.2, -0.15) is 0 Å². The van der Waals surface area contributed by atoms with Crippen LogP contribution in [0.2, 0.25) is 0 Å². The summed E-state index contributed by atoms with van der Waals surface area (Å²) in [6.45, 7) is 0. The highest BCUT2D eigenvalue weighted by molar-refractivity contribution is 7.99. The maximum Gasteiger partial charge on any atom is 0.187 e. The van der Waals surface area contributed by atoms with Crippen molar-refractivity contribution in [2.24, 2.45) is 0 Å². The van der Waals surface area contributed by atoms with Gasteiger partial charge in [-0.1, -0.05) is 11.8 Å². The molecule has 0 aliphatic rings. The molecule has 7 heteroatoms. The molecule has 0 aliphatic carbocycles. The average Bonchev–Trinajstić information content (AvgIpc) is 2.41. The molecule has 2 aromatic heterocycles. The Bertz CT molecular complexity index is 482. The second-order valence-corrected chi connectivity index (χ2v) is 5.02. The average molecular weight is 285 g/mol. The van der Waals surface area contributed by atoms with Gasteiger partial charge < -0.3 is 0 Å². The highest BCUT2D eigenvalue weighted by Gasteiger charge is 2.13. The summed E-state index contributed by atoms with van der Waals surface area (Å²) in [6, 6.07) is 1.75. The fourth-order valence-electron chi connectivity index (χ4n) is 1.27. The van der Waals surface area contributed by atoms with Crippen molar-refractivity contribution >= 4 is 23.4 Å². The van der Waals surface area contributed by atoms with Crippen molar-refractivity contribution in [1.82, 2.24) is 19.9 Å². The Morgan fingerprint density at radius 3 is 2.44 bits per heavy atom. The van der Waals surface area contributed by atoms with Gasteiger partial charge in [0.25, 0.3) is 0 Å². The highest BCUT2D eigenvalue weighted by atomic mass is 35.5. The van der Waals surface area contributed by atoms with E-state index in [1.165, 1.54) is 11.8 Å². The number of rotatable bonds is 5. The van der Waals surface area contributed by atoms with Gasteiger partial charge in [0.1, 0.15) is 5.82 Å². The molecule has 1 atom stereocenters. The molecule has 0 radical (unpaired) electrons. The molecule has 94 valence electrons. The van der Waals surface area contributed by atoms with Crippen LogP contribution in [0.4, 0.5) is 4.39 Å². The Kier molecular flexibility index (Phi) is 4.83. The molecule has 0 fully saturated rings. The van der Waals surface area contributed by atoms with Crippen LogP contribution in [0.5, 0.6) is 0 Å². The number of hydrogen-bond donors (Lipinski definition) is 0. The van der Waals surface area contributed by atoms with Gasteiger partial charge in [-0.25, -0.2) is 24.3 Å². The van der Waals surface area contributed by atoms with Crippen LogP contribution in [0, 0.1) is 5.82 Å².